The van der Waals surface area contributed by atoms with Crippen LogP contribution in [0.3, 0.4) is 0 Å². The molecule has 0 saturated heterocycles. The molecule has 6 nitrogen and oxygen atoms in total. The molecule has 0 amide bonds. The molecule has 0 fully saturated rings. The second kappa shape index (κ2) is 7.58. The van der Waals surface area contributed by atoms with Gasteiger partial charge >= 0.3 is 0 Å². The lowest BCUT2D eigenvalue weighted by atomic mass is 9.67. The number of benzene rings is 1. The number of halogens is 2. The molecular formula is C22H20F2N4O2. The van der Waals surface area contributed by atoms with E-state index in [0.717, 1.165) is 5.56 Å². The van der Waals surface area contributed by atoms with Gasteiger partial charge in [-0.15, -0.1) is 21.7 Å². The molecule has 2 aromatic heterocycles. The van der Waals surface area contributed by atoms with Crippen LogP contribution in [0.25, 0.3) is 11.3 Å². The molecule has 0 radical (unpaired) electrons. The fourth-order valence-corrected chi connectivity index (χ4v) is 4.12. The molecule has 2 heterocycles. The molecule has 1 N–H and O–H groups in total. The smallest absolute Gasteiger partial charge is 0.241 e. The highest BCUT2D eigenvalue weighted by atomic mass is 19.1. The van der Waals surface area contributed by atoms with Gasteiger partial charge in [0.1, 0.15) is 18.2 Å². The van der Waals surface area contributed by atoms with Crippen LogP contribution in [0.1, 0.15) is 55.6 Å². The van der Waals surface area contributed by atoms with Gasteiger partial charge in [0, 0.05) is 0 Å². The Bertz CT molecular complexity index is 1120. The predicted molar refractivity (Wildman–Crippen MR) is 104 cm³/mol. The fourth-order valence-electron chi connectivity index (χ4n) is 4.12. The molecule has 154 valence electrons. The summed E-state index contributed by atoms with van der Waals surface area (Å²) in [6, 6.07) is 5.32. The van der Waals surface area contributed by atoms with E-state index in [0.29, 0.717) is 18.5 Å². The largest absolute Gasteiger partial charge is 0.421 e. The van der Waals surface area contributed by atoms with Gasteiger partial charge in [0.15, 0.2) is 5.41 Å². The van der Waals surface area contributed by atoms with Crippen LogP contribution in [0, 0.1) is 29.9 Å². The minimum Gasteiger partial charge on any atom is -0.421 e. The summed E-state index contributed by atoms with van der Waals surface area (Å²) in [6.45, 7) is 3.72. The first kappa shape index (κ1) is 20.1. The number of aromatic nitrogens is 4. The van der Waals surface area contributed by atoms with E-state index in [2.05, 4.69) is 40.2 Å². The van der Waals surface area contributed by atoms with Gasteiger partial charge in [-0.25, -0.2) is 8.78 Å². The van der Waals surface area contributed by atoms with Crippen molar-refractivity contribution < 1.29 is 18.3 Å². The van der Waals surface area contributed by atoms with E-state index in [9.17, 15) is 13.9 Å². The highest BCUT2D eigenvalue weighted by Gasteiger charge is 2.47. The van der Waals surface area contributed by atoms with E-state index in [1.54, 1.807) is 6.07 Å². The summed E-state index contributed by atoms with van der Waals surface area (Å²) in [5.41, 5.74) is -0.0355. The summed E-state index contributed by atoms with van der Waals surface area (Å²) in [6.07, 6.45) is 7.11. The lowest BCUT2D eigenvalue weighted by Crippen LogP contribution is -2.35. The molecule has 1 aliphatic rings. The Labute approximate surface area is 172 Å². The van der Waals surface area contributed by atoms with Crippen LogP contribution in [0.15, 0.2) is 28.7 Å². The van der Waals surface area contributed by atoms with E-state index in [4.69, 9.17) is 10.8 Å². The molecule has 4 rings (SSSR count). The van der Waals surface area contributed by atoms with Gasteiger partial charge in [-0.2, -0.15) is 5.10 Å². The summed E-state index contributed by atoms with van der Waals surface area (Å²) < 4.78 is 34.3. The third kappa shape index (κ3) is 3.06. The third-order valence-corrected chi connectivity index (χ3v) is 5.69. The van der Waals surface area contributed by atoms with Crippen molar-refractivity contribution in [2.24, 2.45) is 5.92 Å². The van der Waals surface area contributed by atoms with Crippen LogP contribution >= 0.6 is 0 Å². The first-order chi connectivity index (χ1) is 14.4. The third-order valence-electron chi connectivity index (χ3n) is 5.69. The van der Waals surface area contributed by atoms with E-state index >= 15 is 0 Å². The number of hydrogen-bond donors (Lipinski definition) is 1. The maximum Gasteiger partial charge on any atom is 0.241 e. The van der Waals surface area contributed by atoms with Crippen molar-refractivity contribution >= 4 is 0 Å². The van der Waals surface area contributed by atoms with Crippen molar-refractivity contribution in [2.45, 2.75) is 44.6 Å². The number of terminal acetylenes is 1. The molecule has 30 heavy (non-hydrogen) atoms. The molecule has 8 heteroatoms. The summed E-state index contributed by atoms with van der Waals surface area (Å²) in [5, 5.41) is 25.6. The molecule has 1 aliphatic carbocycles. The molecule has 1 aromatic carbocycles. The molecular weight excluding hydrogens is 390 g/mol. The maximum atomic E-state index is 14.4. The predicted octanol–water partition coefficient (Wildman–Crippen LogP) is 3.75. The van der Waals surface area contributed by atoms with Gasteiger partial charge in [-0.1, -0.05) is 25.8 Å². The average molecular weight is 410 g/mol. The number of rotatable bonds is 4. The Morgan fingerprint density at radius 1 is 1.23 bits per heavy atom. The second-order valence-corrected chi connectivity index (χ2v) is 7.73. The summed E-state index contributed by atoms with van der Waals surface area (Å²) in [7, 11) is 0. The average Bonchev–Trinajstić information content (AvgIpc) is 3.22. The monoisotopic (exact) mass is 410 g/mol. The number of hydrogen-bond acceptors (Lipinski definition) is 6. The molecule has 0 spiro atoms. The Kier molecular flexibility index (Phi) is 5.08. The second-order valence-electron chi connectivity index (χ2n) is 7.73. The summed E-state index contributed by atoms with van der Waals surface area (Å²) in [5.74, 6) is 1.80. The molecule has 0 saturated carbocycles. The van der Waals surface area contributed by atoms with Gasteiger partial charge in [-0.3, -0.25) is 0 Å². The zero-order valence-corrected chi connectivity index (χ0v) is 16.6. The highest BCUT2D eigenvalue weighted by molar-refractivity contribution is 5.62. The van der Waals surface area contributed by atoms with E-state index < -0.39 is 23.7 Å². The quantitative estimate of drug-likeness (QED) is 0.660. The van der Waals surface area contributed by atoms with Crippen molar-refractivity contribution in [2.75, 3.05) is 0 Å². The zero-order chi connectivity index (χ0) is 21.5. The van der Waals surface area contributed by atoms with Crippen LogP contribution in [0.2, 0.25) is 0 Å². The van der Waals surface area contributed by atoms with Crippen LogP contribution in [0.4, 0.5) is 8.78 Å². The molecule has 0 unspecified atom stereocenters. The zero-order valence-electron chi connectivity index (χ0n) is 16.6. The van der Waals surface area contributed by atoms with Gasteiger partial charge in [-0.05, 0) is 48.4 Å². The number of aliphatic hydroxyl groups is 1. The first-order valence-electron chi connectivity index (χ1n) is 9.65. The van der Waals surface area contributed by atoms with Crippen molar-refractivity contribution in [3.05, 3.63) is 58.9 Å². The van der Waals surface area contributed by atoms with Crippen molar-refractivity contribution in [3.63, 3.8) is 0 Å². The Balaban J connectivity index is 1.94. The van der Waals surface area contributed by atoms with E-state index in [1.807, 2.05) is 0 Å². The van der Waals surface area contributed by atoms with Gasteiger partial charge < -0.3 is 9.52 Å². The maximum absolute atomic E-state index is 14.4. The normalized spacial score (nSPS) is 20.8. The standard InChI is InChI=1S/C22H20F2N4O2/c1-4-22(21-28-26-18(11-29)30-21)9-8-13(12(2)3)14-10-17(25-27-20(14)22)19-15(23)6-5-7-16(19)24/h1,5-7,10,12-13,29H,8-9,11H2,2-3H3/t13-,22+/m1/s1. The van der Waals surface area contributed by atoms with Crippen molar-refractivity contribution in [3.8, 4) is 23.6 Å². The Hall–Kier alpha value is -3.18. The van der Waals surface area contributed by atoms with E-state index in [1.165, 1.54) is 18.2 Å². The number of fused-ring (bicyclic) bond motifs is 1. The first-order valence-corrected chi connectivity index (χ1v) is 9.65. The minimum atomic E-state index is -1.12. The topological polar surface area (TPSA) is 84.9 Å². The van der Waals surface area contributed by atoms with Crippen LogP contribution in [0.5, 0.6) is 0 Å². The SMILES string of the molecule is C#C[C@]1(c2nnc(CO)o2)CC[C@H](C(C)C)c2cc(-c3c(F)cccc3F)nnc21. The molecule has 3 aromatic rings. The van der Waals surface area contributed by atoms with Crippen molar-refractivity contribution in [1.82, 2.24) is 20.4 Å². The summed E-state index contributed by atoms with van der Waals surface area (Å²) in [4.78, 5) is 0. The molecule has 2 atom stereocenters. The lowest BCUT2D eigenvalue weighted by Gasteiger charge is -2.36. The van der Waals surface area contributed by atoms with Crippen LogP contribution in [-0.2, 0) is 12.0 Å². The lowest BCUT2D eigenvalue weighted by molar-refractivity contribution is 0.230. The molecule has 0 aliphatic heterocycles. The van der Waals surface area contributed by atoms with Crippen molar-refractivity contribution in [1.29, 1.82) is 0 Å². The van der Waals surface area contributed by atoms with Gasteiger partial charge in [0.25, 0.3) is 0 Å². The number of aliphatic hydroxyl groups excluding tert-OH is 1. The Morgan fingerprint density at radius 2 is 1.97 bits per heavy atom. The fraction of sp³-hybridized carbons (Fsp3) is 0.364. The van der Waals surface area contributed by atoms with E-state index in [-0.39, 0.29) is 34.9 Å². The van der Waals surface area contributed by atoms with Crippen LogP contribution in [-0.4, -0.2) is 25.5 Å². The Morgan fingerprint density at radius 3 is 2.57 bits per heavy atom. The number of nitrogens with zero attached hydrogens (tertiary/aromatic N) is 4. The van der Waals surface area contributed by atoms with Gasteiger partial charge in [0.2, 0.25) is 11.8 Å². The molecule has 0 bridgehead atoms. The summed E-state index contributed by atoms with van der Waals surface area (Å²) >= 11 is 0. The van der Waals surface area contributed by atoms with Crippen LogP contribution < -0.4 is 0 Å². The van der Waals surface area contributed by atoms with Gasteiger partial charge in [0.05, 0.1) is 17.0 Å². The highest BCUT2D eigenvalue weighted by Crippen LogP contribution is 2.48. The minimum absolute atomic E-state index is 0.0464.